The molecule has 1 aromatic heterocycles. The number of aromatic nitrogens is 1. The van der Waals surface area contributed by atoms with E-state index in [4.69, 9.17) is 4.74 Å². The first-order chi connectivity index (χ1) is 20.6. The molecule has 0 N–H and O–H groups in total. The first-order valence-corrected chi connectivity index (χ1v) is 14.5. The van der Waals surface area contributed by atoms with Crippen LogP contribution in [0.15, 0.2) is 133 Å². The summed E-state index contributed by atoms with van der Waals surface area (Å²) in [5, 5.41) is 2.51. The van der Waals surface area contributed by atoms with Gasteiger partial charge < -0.3 is 14.2 Å². The summed E-state index contributed by atoms with van der Waals surface area (Å²) in [6, 6.07) is 47.8. The maximum absolute atomic E-state index is 6.73. The summed E-state index contributed by atoms with van der Waals surface area (Å²) >= 11 is 0. The third-order valence-electron chi connectivity index (χ3n) is 9.16. The van der Waals surface area contributed by atoms with Crippen molar-refractivity contribution >= 4 is 38.9 Å². The van der Waals surface area contributed by atoms with Gasteiger partial charge in [0.25, 0.3) is 0 Å². The minimum atomic E-state index is -0.103. The second-order valence-electron chi connectivity index (χ2n) is 11.8. The summed E-state index contributed by atoms with van der Waals surface area (Å²) in [5.74, 6) is 1.73. The van der Waals surface area contributed by atoms with Gasteiger partial charge in [-0.2, -0.15) is 0 Å². The van der Waals surface area contributed by atoms with Gasteiger partial charge in [-0.1, -0.05) is 98.8 Å². The number of nitrogens with zero attached hydrogens (tertiary/aromatic N) is 2. The van der Waals surface area contributed by atoms with Crippen LogP contribution in [-0.4, -0.2) is 4.57 Å². The number of fused-ring (bicyclic) bond motifs is 9. The number of hydrogen-bond donors (Lipinski definition) is 0. The molecule has 0 spiro atoms. The topological polar surface area (TPSA) is 17.4 Å². The lowest BCUT2D eigenvalue weighted by Gasteiger charge is -2.35. The van der Waals surface area contributed by atoms with Crippen LogP contribution >= 0.6 is 0 Å². The lowest BCUT2D eigenvalue weighted by atomic mass is 9.82. The lowest BCUT2D eigenvalue weighted by Crippen LogP contribution is -2.19. The lowest BCUT2D eigenvalue weighted by molar-refractivity contribution is 0.476. The Morgan fingerprint density at radius 3 is 1.95 bits per heavy atom. The molecule has 0 radical (unpaired) electrons. The van der Waals surface area contributed by atoms with E-state index in [1.165, 1.54) is 44.1 Å². The second kappa shape index (κ2) is 8.37. The predicted molar refractivity (Wildman–Crippen MR) is 173 cm³/mol. The molecule has 2 heterocycles. The molecular formula is C39H28N2O. The summed E-state index contributed by atoms with van der Waals surface area (Å²) in [6.45, 7) is 4.66. The summed E-state index contributed by atoms with van der Waals surface area (Å²) in [6.07, 6.45) is 0. The van der Waals surface area contributed by atoms with Gasteiger partial charge in [-0.25, -0.2) is 0 Å². The van der Waals surface area contributed by atoms with Crippen LogP contribution in [0.2, 0.25) is 0 Å². The Labute approximate surface area is 244 Å². The molecule has 200 valence electrons. The van der Waals surface area contributed by atoms with E-state index in [2.05, 4.69) is 157 Å². The van der Waals surface area contributed by atoms with Gasteiger partial charge in [-0.15, -0.1) is 0 Å². The van der Waals surface area contributed by atoms with Crippen molar-refractivity contribution in [2.45, 2.75) is 19.3 Å². The van der Waals surface area contributed by atoms with E-state index in [9.17, 15) is 0 Å². The van der Waals surface area contributed by atoms with Crippen molar-refractivity contribution in [3.05, 3.63) is 145 Å². The van der Waals surface area contributed by atoms with Gasteiger partial charge in [0.1, 0.15) is 0 Å². The normalized spacial score (nSPS) is 14.3. The Balaban J connectivity index is 1.34. The molecule has 3 heteroatoms. The highest BCUT2D eigenvalue weighted by Gasteiger charge is 2.40. The molecule has 0 atom stereocenters. The maximum atomic E-state index is 6.73. The van der Waals surface area contributed by atoms with Crippen LogP contribution in [0.5, 0.6) is 11.5 Å². The molecule has 6 aromatic carbocycles. The standard InChI is InChI=1S/C39H28N2O/c1-39(2)30-17-9-6-16-29(30)37-31(39)21-23-36-38(37)41(25-12-4-3-5-13-25)34-24-26(20-22-35(34)42-36)40-32-18-10-7-14-27(32)28-15-8-11-19-33(28)40/h3-24H,1-2H3. The van der Waals surface area contributed by atoms with Crippen molar-refractivity contribution in [3.63, 3.8) is 0 Å². The second-order valence-corrected chi connectivity index (χ2v) is 11.8. The molecule has 0 amide bonds. The predicted octanol–water partition coefficient (Wildman–Crippen LogP) is 10.7. The summed E-state index contributed by atoms with van der Waals surface area (Å²) in [7, 11) is 0. The highest BCUT2D eigenvalue weighted by Crippen LogP contribution is 2.60. The van der Waals surface area contributed by atoms with Gasteiger partial charge in [0.05, 0.1) is 22.4 Å². The third-order valence-corrected chi connectivity index (χ3v) is 9.16. The fraction of sp³-hybridized carbons (Fsp3) is 0.0769. The summed E-state index contributed by atoms with van der Waals surface area (Å²) in [5.41, 5.74) is 11.8. The van der Waals surface area contributed by atoms with Crippen LogP contribution in [0.3, 0.4) is 0 Å². The number of para-hydroxylation sites is 3. The molecule has 0 saturated carbocycles. The number of benzene rings is 6. The van der Waals surface area contributed by atoms with Crippen LogP contribution < -0.4 is 9.64 Å². The van der Waals surface area contributed by atoms with Crippen LogP contribution in [-0.2, 0) is 5.41 Å². The molecule has 9 rings (SSSR count). The fourth-order valence-electron chi connectivity index (χ4n) is 7.25. The molecule has 2 aliphatic rings. The Hall–Kier alpha value is -5.28. The van der Waals surface area contributed by atoms with E-state index in [-0.39, 0.29) is 5.41 Å². The number of hydrogen-bond acceptors (Lipinski definition) is 2. The number of ether oxygens (including phenoxy) is 1. The molecule has 0 unspecified atom stereocenters. The van der Waals surface area contributed by atoms with E-state index in [1.54, 1.807) is 0 Å². The zero-order chi connectivity index (χ0) is 28.0. The van der Waals surface area contributed by atoms with Crippen LogP contribution in [0.4, 0.5) is 17.1 Å². The number of rotatable bonds is 2. The van der Waals surface area contributed by atoms with Gasteiger partial charge in [-0.3, -0.25) is 0 Å². The van der Waals surface area contributed by atoms with Gasteiger partial charge in [0.2, 0.25) is 0 Å². The first kappa shape index (κ1) is 23.4. The van der Waals surface area contributed by atoms with E-state index in [0.29, 0.717) is 0 Å². The van der Waals surface area contributed by atoms with Crippen molar-refractivity contribution < 1.29 is 4.74 Å². The average Bonchev–Trinajstić information content (AvgIpc) is 3.49. The molecule has 0 saturated heterocycles. The van der Waals surface area contributed by atoms with Gasteiger partial charge in [0, 0.05) is 33.1 Å². The minimum Gasteiger partial charge on any atom is -0.453 e. The Morgan fingerprint density at radius 1 is 0.548 bits per heavy atom. The van der Waals surface area contributed by atoms with Crippen molar-refractivity contribution in [2.75, 3.05) is 4.90 Å². The van der Waals surface area contributed by atoms with Crippen LogP contribution in [0, 0.1) is 0 Å². The molecule has 0 fully saturated rings. The van der Waals surface area contributed by atoms with Gasteiger partial charge in [-0.05, 0) is 65.2 Å². The Bertz CT molecular complexity index is 2150. The Kier molecular flexibility index (Phi) is 4.67. The van der Waals surface area contributed by atoms with E-state index in [1.807, 2.05) is 0 Å². The van der Waals surface area contributed by atoms with Crippen LogP contribution in [0.1, 0.15) is 25.0 Å². The fourth-order valence-corrected chi connectivity index (χ4v) is 7.25. The quantitative estimate of drug-likeness (QED) is 0.217. The van der Waals surface area contributed by atoms with Crippen molar-refractivity contribution in [3.8, 4) is 28.3 Å². The van der Waals surface area contributed by atoms with Gasteiger partial charge >= 0.3 is 0 Å². The number of anilines is 3. The van der Waals surface area contributed by atoms with Gasteiger partial charge in [0.15, 0.2) is 11.5 Å². The van der Waals surface area contributed by atoms with E-state index >= 15 is 0 Å². The molecule has 7 aromatic rings. The molecule has 1 aliphatic heterocycles. The SMILES string of the molecule is CC1(C)c2ccccc2-c2c1ccc1c2N(c2ccccc2)c2cc(-n3c4ccccc4c4ccccc43)ccc2O1. The molecular weight excluding hydrogens is 512 g/mol. The van der Waals surface area contributed by atoms with Crippen LogP contribution in [0.25, 0.3) is 38.6 Å². The first-order valence-electron chi connectivity index (χ1n) is 14.5. The van der Waals surface area contributed by atoms with Crippen molar-refractivity contribution in [1.82, 2.24) is 4.57 Å². The monoisotopic (exact) mass is 540 g/mol. The molecule has 0 bridgehead atoms. The van der Waals surface area contributed by atoms with E-state index in [0.717, 1.165) is 34.2 Å². The minimum absolute atomic E-state index is 0.103. The molecule has 1 aliphatic carbocycles. The highest BCUT2D eigenvalue weighted by molar-refractivity contribution is 6.09. The third kappa shape index (κ3) is 3.05. The van der Waals surface area contributed by atoms with Crippen molar-refractivity contribution in [1.29, 1.82) is 0 Å². The van der Waals surface area contributed by atoms with E-state index < -0.39 is 0 Å². The van der Waals surface area contributed by atoms with Crippen molar-refractivity contribution in [2.24, 2.45) is 0 Å². The molecule has 3 nitrogen and oxygen atoms in total. The zero-order valence-corrected chi connectivity index (χ0v) is 23.5. The molecule has 42 heavy (non-hydrogen) atoms. The smallest absolute Gasteiger partial charge is 0.152 e. The summed E-state index contributed by atoms with van der Waals surface area (Å²) < 4.78 is 9.11. The zero-order valence-electron chi connectivity index (χ0n) is 23.5. The summed E-state index contributed by atoms with van der Waals surface area (Å²) in [4.78, 5) is 2.41. The largest absolute Gasteiger partial charge is 0.453 e. The highest BCUT2D eigenvalue weighted by atomic mass is 16.5. The Morgan fingerprint density at radius 2 is 1.19 bits per heavy atom. The average molecular weight is 541 g/mol. The maximum Gasteiger partial charge on any atom is 0.152 e.